The molecule has 1 saturated heterocycles. The van der Waals surface area contributed by atoms with Crippen LogP contribution in [0.2, 0.25) is 0 Å². The lowest BCUT2D eigenvalue weighted by molar-refractivity contribution is 0.0893. The first-order chi connectivity index (χ1) is 10.7. The topological polar surface area (TPSA) is 80.3 Å². The molecule has 0 radical (unpaired) electrons. The lowest BCUT2D eigenvalue weighted by Gasteiger charge is -2.29. The van der Waals surface area contributed by atoms with E-state index >= 15 is 0 Å². The van der Waals surface area contributed by atoms with Crippen molar-refractivity contribution in [2.45, 2.75) is 31.7 Å². The summed E-state index contributed by atoms with van der Waals surface area (Å²) < 4.78 is 37.7. The van der Waals surface area contributed by atoms with Crippen molar-refractivity contribution >= 4 is 21.5 Å². The van der Waals surface area contributed by atoms with Gasteiger partial charge in [0.15, 0.2) is 15.6 Å². The molecule has 1 aromatic carbocycles. The van der Waals surface area contributed by atoms with Crippen LogP contribution in [0.3, 0.4) is 0 Å². The zero-order valence-electron chi connectivity index (χ0n) is 12.8. The Morgan fingerprint density at radius 2 is 2.09 bits per heavy atom. The fraction of sp³-hybridized carbons (Fsp3) is 0.500. The van der Waals surface area contributed by atoms with Crippen molar-refractivity contribution < 1.29 is 22.4 Å². The number of benzene rings is 1. The standard InChI is InChI=1S/C16H18FNO4S/c1-10(19)13-5-4-11(7-14(13)17)15(20)18-16-6-2-3-12(16)8-23(21,22)9-16/h4-5,7,12H,2-3,6,8-9H2,1H3,(H,18,20). The molecule has 1 aromatic rings. The number of hydrogen-bond donors (Lipinski definition) is 1. The van der Waals surface area contributed by atoms with E-state index in [2.05, 4.69) is 5.32 Å². The second kappa shape index (κ2) is 5.40. The summed E-state index contributed by atoms with van der Waals surface area (Å²) in [6, 6.07) is 3.69. The number of carbonyl (C=O) groups is 2. The first-order valence-electron chi connectivity index (χ1n) is 7.56. The van der Waals surface area contributed by atoms with Crippen LogP contribution in [0.15, 0.2) is 18.2 Å². The Labute approximate surface area is 134 Å². The average molecular weight is 339 g/mol. The minimum atomic E-state index is -3.15. The molecule has 124 valence electrons. The SMILES string of the molecule is CC(=O)c1ccc(C(=O)NC23CCCC2CS(=O)(=O)C3)cc1F. The molecule has 0 aromatic heterocycles. The van der Waals surface area contributed by atoms with Gasteiger partial charge in [0, 0.05) is 5.56 Å². The minimum absolute atomic E-state index is 0.0512. The van der Waals surface area contributed by atoms with E-state index in [-0.39, 0.29) is 28.6 Å². The highest BCUT2D eigenvalue weighted by Gasteiger charge is 2.53. The van der Waals surface area contributed by atoms with Gasteiger partial charge in [-0.15, -0.1) is 0 Å². The van der Waals surface area contributed by atoms with Gasteiger partial charge in [0.25, 0.3) is 5.91 Å². The Balaban J connectivity index is 1.84. The van der Waals surface area contributed by atoms with Crippen LogP contribution >= 0.6 is 0 Å². The number of fused-ring (bicyclic) bond motifs is 1. The van der Waals surface area contributed by atoms with Crippen LogP contribution in [0.1, 0.15) is 46.9 Å². The Morgan fingerprint density at radius 3 is 2.74 bits per heavy atom. The van der Waals surface area contributed by atoms with Crippen molar-refractivity contribution in [3.05, 3.63) is 35.1 Å². The van der Waals surface area contributed by atoms with Gasteiger partial charge in [0.05, 0.1) is 22.6 Å². The number of hydrogen-bond acceptors (Lipinski definition) is 4. The summed E-state index contributed by atoms with van der Waals surface area (Å²) in [6.45, 7) is 1.25. The van der Waals surface area contributed by atoms with Gasteiger partial charge >= 0.3 is 0 Å². The number of amides is 1. The molecule has 2 atom stereocenters. The molecule has 7 heteroatoms. The first-order valence-corrected chi connectivity index (χ1v) is 9.38. The molecule has 1 aliphatic heterocycles. The van der Waals surface area contributed by atoms with Crippen LogP contribution in [-0.4, -0.2) is 37.2 Å². The number of halogens is 1. The molecule has 0 bridgehead atoms. The largest absolute Gasteiger partial charge is 0.345 e. The molecule has 5 nitrogen and oxygen atoms in total. The predicted octanol–water partition coefficient (Wildman–Crippen LogP) is 1.73. The molecule has 1 N–H and O–H groups in total. The van der Waals surface area contributed by atoms with Crippen molar-refractivity contribution in [2.75, 3.05) is 11.5 Å². The molecular weight excluding hydrogens is 321 g/mol. The smallest absolute Gasteiger partial charge is 0.251 e. The Kier molecular flexibility index (Phi) is 3.78. The molecule has 0 spiro atoms. The van der Waals surface area contributed by atoms with E-state index in [1.807, 2.05) is 0 Å². The second-order valence-corrected chi connectivity index (χ2v) is 8.61. The summed E-state index contributed by atoms with van der Waals surface area (Å²) in [5.41, 5.74) is -0.704. The first kappa shape index (κ1) is 16.1. The number of carbonyl (C=O) groups excluding carboxylic acids is 2. The summed E-state index contributed by atoms with van der Waals surface area (Å²) in [6.07, 6.45) is 2.27. The molecule has 2 fully saturated rings. The number of rotatable bonds is 3. The molecule has 2 unspecified atom stereocenters. The van der Waals surface area contributed by atoms with E-state index in [1.54, 1.807) is 0 Å². The van der Waals surface area contributed by atoms with Crippen LogP contribution in [0, 0.1) is 11.7 Å². The van der Waals surface area contributed by atoms with Gasteiger partial charge in [-0.3, -0.25) is 9.59 Å². The number of Topliss-reactive ketones (excluding diaryl/α,β-unsaturated/α-hetero) is 1. The molecule has 23 heavy (non-hydrogen) atoms. The fourth-order valence-corrected chi connectivity index (χ4v) is 6.23. The molecule has 3 rings (SSSR count). The fourth-order valence-electron chi connectivity index (χ4n) is 3.78. The zero-order valence-corrected chi connectivity index (χ0v) is 13.6. The summed E-state index contributed by atoms with van der Waals surface area (Å²) in [5, 5.41) is 2.83. The van der Waals surface area contributed by atoms with E-state index in [1.165, 1.54) is 19.1 Å². The van der Waals surface area contributed by atoms with E-state index in [9.17, 15) is 22.4 Å². The van der Waals surface area contributed by atoms with E-state index in [0.29, 0.717) is 6.42 Å². The number of nitrogens with one attached hydrogen (secondary N) is 1. The summed E-state index contributed by atoms with van der Waals surface area (Å²) in [7, 11) is -3.15. The van der Waals surface area contributed by atoms with Crippen molar-refractivity contribution in [1.29, 1.82) is 0 Å². The maximum Gasteiger partial charge on any atom is 0.251 e. The van der Waals surface area contributed by atoms with Crippen molar-refractivity contribution in [2.24, 2.45) is 5.92 Å². The quantitative estimate of drug-likeness (QED) is 0.851. The van der Waals surface area contributed by atoms with Crippen LogP contribution in [-0.2, 0) is 9.84 Å². The van der Waals surface area contributed by atoms with Gasteiger partial charge < -0.3 is 5.32 Å². The maximum absolute atomic E-state index is 13.9. The highest BCUT2D eigenvalue weighted by molar-refractivity contribution is 7.91. The van der Waals surface area contributed by atoms with Crippen LogP contribution in [0.25, 0.3) is 0 Å². The Morgan fingerprint density at radius 1 is 1.35 bits per heavy atom. The molecule has 1 amide bonds. The highest BCUT2D eigenvalue weighted by atomic mass is 32.2. The van der Waals surface area contributed by atoms with E-state index in [0.717, 1.165) is 18.9 Å². The summed E-state index contributed by atoms with van der Waals surface area (Å²) in [4.78, 5) is 23.7. The van der Waals surface area contributed by atoms with Crippen molar-refractivity contribution in [1.82, 2.24) is 5.32 Å². The maximum atomic E-state index is 13.9. The van der Waals surface area contributed by atoms with Crippen molar-refractivity contribution in [3.63, 3.8) is 0 Å². The van der Waals surface area contributed by atoms with Gasteiger partial charge in [-0.25, -0.2) is 12.8 Å². The summed E-state index contributed by atoms with van der Waals surface area (Å²) in [5.74, 6) is -1.67. The second-order valence-electron chi connectivity index (χ2n) is 6.50. The van der Waals surface area contributed by atoms with Crippen LogP contribution in [0.5, 0.6) is 0 Å². The molecular formula is C16H18FNO4S. The number of ketones is 1. The Hall–Kier alpha value is -1.76. The monoisotopic (exact) mass is 339 g/mol. The van der Waals surface area contributed by atoms with Crippen LogP contribution in [0.4, 0.5) is 4.39 Å². The Bertz CT molecular complexity index is 789. The van der Waals surface area contributed by atoms with Gasteiger partial charge in [0.2, 0.25) is 0 Å². The zero-order chi connectivity index (χ0) is 16.8. The van der Waals surface area contributed by atoms with Crippen molar-refractivity contribution in [3.8, 4) is 0 Å². The highest BCUT2D eigenvalue weighted by Crippen LogP contribution is 2.43. The third kappa shape index (κ3) is 2.89. The normalized spacial score (nSPS) is 28.3. The van der Waals surface area contributed by atoms with Gasteiger partial charge in [-0.1, -0.05) is 6.42 Å². The lowest BCUT2D eigenvalue weighted by atomic mass is 9.90. The summed E-state index contributed by atoms with van der Waals surface area (Å²) >= 11 is 0. The predicted molar refractivity (Wildman–Crippen MR) is 82.6 cm³/mol. The van der Waals surface area contributed by atoms with Gasteiger partial charge in [-0.05, 0) is 43.9 Å². The van der Waals surface area contributed by atoms with Gasteiger partial charge in [-0.2, -0.15) is 0 Å². The van der Waals surface area contributed by atoms with E-state index < -0.39 is 32.9 Å². The lowest BCUT2D eigenvalue weighted by Crippen LogP contribution is -2.51. The minimum Gasteiger partial charge on any atom is -0.345 e. The molecule has 2 aliphatic rings. The van der Waals surface area contributed by atoms with E-state index in [4.69, 9.17) is 0 Å². The average Bonchev–Trinajstić information content (AvgIpc) is 2.89. The number of sulfone groups is 1. The van der Waals surface area contributed by atoms with Crippen LogP contribution < -0.4 is 5.32 Å². The third-order valence-electron chi connectivity index (χ3n) is 4.86. The molecule has 1 heterocycles. The molecule has 1 saturated carbocycles. The third-order valence-corrected chi connectivity index (χ3v) is 6.73. The molecule has 1 aliphatic carbocycles. The van der Waals surface area contributed by atoms with Gasteiger partial charge in [0.1, 0.15) is 5.82 Å².